The van der Waals surface area contributed by atoms with E-state index in [-0.39, 0.29) is 11.7 Å². The number of methoxy groups -OCH3 is 1. The summed E-state index contributed by atoms with van der Waals surface area (Å²) in [5, 5.41) is 13.6. The molecule has 4 aromatic carbocycles. The van der Waals surface area contributed by atoms with Gasteiger partial charge in [-0.3, -0.25) is 9.36 Å². The summed E-state index contributed by atoms with van der Waals surface area (Å²) in [4.78, 5) is 13.5. The number of aromatic nitrogens is 3. The fraction of sp³-hybridized carbons (Fsp3) is 0.156. The van der Waals surface area contributed by atoms with Gasteiger partial charge >= 0.3 is 0 Å². The van der Waals surface area contributed by atoms with Gasteiger partial charge in [-0.25, -0.2) is 4.39 Å². The van der Waals surface area contributed by atoms with Crippen molar-refractivity contribution in [1.29, 1.82) is 0 Å². The molecular weight excluding hydrogens is 559 g/mol. The largest absolute Gasteiger partial charge is 0.497 e. The highest BCUT2D eigenvalue weighted by Gasteiger charge is 2.26. The smallest absolute Gasteiger partial charge is 0.251 e. The molecule has 0 saturated heterocycles. The van der Waals surface area contributed by atoms with Crippen molar-refractivity contribution in [2.75, 3.05) is 7.11 Å². The second-order valence-corrected chi connectivity index (χ2v) is 10.8. The van der Waals surface area contributed by atoms with Gasteiger partial charge in [-0.1, -0.05) is 71.9 Å². The first-order valence-electron chi connectivity index (χ1n) is 13.0. The SMILES string of the molecule is COc1ccc(C(=O)NC(Cc2ccccc2)c2nnc(SCc3ccc(F)cc3)n2-c2cc(Cl)ccc2C)cc1. The molecule has 1 amide bonds. The number of carbonyl (C=O) groups is 1. The minimum Gasteiger partial charge on any atom is -0.497 e. The van der Waals surface area contributed by atoms with Gasteiger partial charge in [-0.05, 0) is 78.6 Å². The second-order valence-electron chi connectivity index (χ2n) is 9.47. The maximum Gasteiger partial charge on any atom is 0.251 e. The number of carbonyl (C=O) groups excluding carboxylic acids is 1. The van der Waals surface area contributed by atoms with Crippen molar-refractivity contribution in [2.45, 2.75) is 30.3 Å². The van der Waals surface area contributed by atoms with Gasteiger partial charge in [0.05, 0.1) is 18.8 Å². The Bertz CT molecular complexity index is 1630. The predicted octanol–water partition coefficient (Wildman–Crippen LogP) is 7.38. The molecule has 0 aliphatic rings. The lowest BCUT2D eigenvalue weighted by molar-refractivity contribution is 0.0934. The molecular formula is C32H28ClFN4O2S. The fourth-order valence-corrected chi connectivity index (χ4v) is 5.49. The first-order valence-corrected chi connectivity index (χ1v) is 14.4. The van der Waals surface area contributed by atoms with E-state index in [1.165, 1.54) is 23.9 Å². The van der Waals surface area contributed by atoms with Crippen molar-refractivity contribution < 1.29 is 13.9 Å². The minimum atomic E-state index is -0.516. The Morgan fingerprint density at radius 2 is 1.71 bits per heavy atom. The van der Waals surface area contributed by atoms with Crippen LogP contribution in [-0.4, -0.2) is 27.8 Å². The summed E-state index contributed by atoms with van der Waals surface area (Å²) in [5.41, 5.74) is 4.27. The van der Waals surface area contributed by atoms with Crippen molar-refractivity contribution in [3.05, 3.63) is 136 Å². The Balaban J connectivity index is 1.55. The normalized spacial score (nSPS) is 11.7. The second kappa shape index (κ2) is 13.0. The van der Waals surface area contributed by atoms with Gasteiger partial charge in [0.1, 0.15) is 11.6 Å². The Morgan fingerprint density at radius 1 is 0.976 bits per heavy atom. The molecule has 1 heterocycles. The maximum absolute atomic E-state index is 13.5. The van der Waals surface area contributed by atoms with Gasteiger partial charge in [0.15, 0.2) is 11.0 Å². The molecule has 0 aliphatic carbocycles. The molecule has 41 heavy (non-hydrogen) atoms. The Kier molecular flexibility index (Phi) is 9.01. The molecule has 5 rings (SSSR count). The molecule has 0 fully saturated rings. The third-order valence-corrected chi connectivity index (χ3v) is 7.84. The third kappa shape index (κ3) is 6.96. The number of nitrogens with zero attached hydrogens (tertiary/aromatic N) is 3. The number of rotatable bonds is 10. The van der Waals surface area contributed by atoms with Crippen molar-refractivity contribution in [3.63, 3.8) is 0 Å². The number of amides is 1. The zero-order chi connectivity index (χ0) is 28.8. The summed E-state index contributed by atoms with van der Waals surface area (Å²) < 4.78 is 20.7. The molecule has 0 spiro atoms. The van der Waals surface area contributed by atoms with Crippen LogP contribution in [-0.2, 0) is 12.2 Å². The molecule has 5 aromatic rings. The number of nitrogens with one attached hydrogen (secondary N) is 1. The first kappa shape index (κ1) is 28.4. The van der Waals surface area contributed by atoms with Crippen LogP contribution in [0.5, 0.6) is 5.75 Å². The van der Waals surface area contributed by atoms with Gasteiger partial charge in [0.2, 0.25) is 0 Å². The average molecular weight is 587 g/mol. The molecule has 1 aromatic heterocycles. The van der Waals surface area contributed by atoms with Crippen molar-refractivity contribution >= 4 is 29.3 Å². The standard InChI is InChI=1S/C32H28ClFN4O2S/c1-21-8-13-25(33)19-29(21)38-30(36-37-32(38)41-20-23-9-14-26(34)15-10-23)28(18-22-6-4-3-5-7-22)35-31(39)24-11-16-27(40-2)17-12-24/h3-17,19,28H,18,20H2,1-2H3,(H,35,39). The summed E-state index contributed by atoms with van der Waals surface area (Å²) in [7, 11) is 1.58. The Morgan fingerprint density at radius 3 is 2.41 bits per heavy atom. The van der Waals surface area contributed by atoms with Crippen molar-refractivity contribution in [2.24, 2.45) is 0 Å². The number of ether oxygens (including phenoxy) is 1. The number of hydrogen-bond donors (Lipinski definition) is 1. The van der Waals surface area contributed by atoms with Crippen LogP contribution in [0.3, 0.4) is 0 Å². The molecule has 0 aliphatic heterocycles. The number of benzene rings is 4. The summed E-state index contributed by atoms with van der Waals surface area (Å²) in [6, 6.07) is 28.4. The molecule has 9 heteroatoms. The van der Waals surface area contributed by atoms with E-state index in [0.29, 0.717) is 39.5 Å². The molecule has 0 bridgehead atoms. The molecule has 6 nitrogen and oxygen atoms in total. The lowest BCUT2D eigenvalue weighted by Crippen LogP contribution is -2.32. The zero-order valence-corrected chi connectivity index (χ0v) is 24.1. The van der Waals surface area contributed by atoms with E-state index >= 15 is 0 Å². The van der Waals surface area contributed by atoms with Crippen LogP contribution in [0.1, 0.15) is 38.9 Å². The van der Waals surface area contributed by atoms with Gasteiger partial charge in [0.25, 0.3) is 5.91 Å². The quantitative estimate of drug-likeness (QED) is 0.173. The van der Waals surface area contributed by atoms with Crippen LogP contribution >= 0.6 is 23.4 Å². The highest BCUT2D eigenvalue weighted by molar-refractivity contribution is 7.98. The van der Waals surface area contributed by atoms with E-state index in [1.54, 1.807) is 43.5 Å². The van der Waals surface area contributed by atoms with Crippen LogP contribution < -0.4 is 10.1 Å². The summed E-state index contributed by atoms with van der Waals surface area (Å²) in [6.07, 6.45) is 0.489. The van der Waals surface area contributed by atoms with Crippen molar-refractivity contribution in [3.8, 4) is 11.4 Å². The van der Waals surface area contributed by atoms with Crippen molar-refractivity contribution in [1.82, 2.24) is 20.1 Å². The van der Waals surface area contributed by atoms with Gasteiger partial charge in [0, 0.05) is 16.3 Å². The minimum absolute atomic E-state index is 0.244. The highest BCUT2D eigenvalue weighted by atomic mass is 35.5. The van der Waals surface area contributed by atoms with E-state index in [4.69, 9.17) is 16.3 Å². The summed E-state index contributed by atoms with van der Waals surface area (Å²) in [5.74, 6) is 1.27. The van der Waals surface area contributed by atoms with Gasteiger partial charge in [-0.2, -0.15) is 0 Å². The lowest BCUT2D eigenvalue weighted by atomic mass is 10.0. The fourth-order valence-electron chi connectivity index (χ4n) is 4.42. The highest BCUT2D eigenvalue weighted by Crippen LogP contribution is 2.32. The number of aryl methyl sites for hydroxylation is 1. The maximum atomic E-state index is 13.5. The zero-order valence-electron chi connectivity index (χ0n) is 22.6. The van der Waals surface area contributed by atoms with Gasteiger partial charge < -0.3 is 10.1 Å². The Labute approximate surface area is 247 Å². The number of hydrogen-bond acceptors (Lipinski definition) is 5. The van der Waals surface area contributed by atoms with Crippen LogP contribution in [0.2, 0.25) is 5.02 Å². The van der Waals surface area contributed by atoms with E-state index in [9.17, 15) is 9.18 Å². The molecule has 0 saturated carbocycles. The summed E-state index contributed by atoms with van der Waals surface area (Å²) in [6.45, 7) is 1.99. The van der Waals surface area contributed by atoms with Crippen LogP contribution in [0, 0.1) is 12.7 Å². The molecule has 1 atom stereocenters. The molecule has 1 unspecified atom stereocenters. The third-order valence-electron chi connectivity index (χ3n) is 6.60. The van der Waals surface area contributed by atoms with Crippen LogP contribution in [0.4, 0.5) is 4.39 Å². The van der Waals surface area contributed by atoms with E-state index in [0.717, 1.165) is 22.4 Å². The molecule has 208 valence electrons. The number of thioether (sulfide) groups is 1. The summed E-state index contributed by atoms with van der Waals surface area (Å²) >= 11 is 7.92. The van der Waals surface area contributed by atoms with E-state index in [2.05, 4.69) is 15.5 Å². The average Bonchev–Trinajstić information content (AvgIpc) is 3.42. The molecule has 0 radical (unpaired) electrons. The lowest BCUT2D eigenvalue weighted by Gasteiger charge is -2.21. The van der Waals surface area contributed by atoms with E-state index in [1.807, 2.05) is 60.0 Å². The molecule has 1 N–H and O–H groups in total. The number of halogens is 2. The first-order chi connectivity index (χ1) is 19.9. The van der Waals surface area contributed by atoms with Crippen LogP contribution in [0.25, 0.3) is 5.69 Å². The predicted molar refractivity (Wildman–Crippen MR) is 160 cm³/mol. The van der Waals surface area contributed by atoms with Gasteiger partial charge in [-0.15, -0.1) is 10.2 Å². The van der Waals surface area contributed by atoms with E-state index < -0.39 is 6.04 Å². The van der Waals surface area contributed by atoms with Crippen LogP contribution in [0.15, 0.2) is 102 Å². The topological polar surface area (TPSA) is 69.0 Å². The monoisotopic (exact) mass is 586 g/mol. The Hall–Kier alpha value is -4.14.